The lowest BCUT2D eigenvalue weighted by molar-refractivity contribution is 0.267. The normalized spacial score (nSPS) is 18.4. The highest BCUT2D eigenvalue weighted by Gasteiger charge is 2.22. The Bertz CT molecular complexity index is 562. The zero-order valence-corrected chi connectivity index (χ0v) is 15.8. The summed E-state index contributed by atoms with van der Waals surface area (Å²) < 4.78 is 11.1. The third-order valence-corrected chi connectivity index (χ3v) is 4.55. The molecule has 0 saturated carbocycles. The van der Waals surface area contributed by atoms with Crippen LogP contribution in [0.3, 0.4) is 0 Å². The van der Waals surface area contributed by atoms with Crippen LogP contribution in [0.2, 0.25) is 0 Å². The third kappa shape index (κ3) is 5.81. The minimum atomic E-state index is 0.494. The van der Waals surface area contributed by atoms with Gasteiger partial charge in [-0.15, -0.1) is 0 Å². The Labute approximate surface area is 151 Å². The lowest BCUT2D eigenvalue weighted by Crippen LogP contribution is -2.42. The van der Waals surface area contributed by atoms with Crippen molar-refractivity contribution in [3.8, 4) is 11.5 Å². The number of likely N-dealkylation sites (N-methyl/N-ethyl adjacent to an activating group) is 1. The number of benzene rings is 1. The number of hydrogen-bond acceptors (Lipinski definition) is 4. The fourth-order valence-corrected chi connectivity index (χ4v) is 3.14. The molecular weight excluding hydrogens is 316 g/mol. The van der Waals surface area contributed by atoms with E-state index in [1.165, 1.54) is 19.4 Å². The number of methoxy groups -OCH3 is 1. The molecule has 6 nitrogen and oxygen atoms in total. The van der Waals surface area contributed by atoms with Crippen molar-refractivity contribution in [2.75, 3.05) is 33.4 Å². The Morgan fingerprint density at radius 1 is 1.36 bits per heavy atom. The van der Waals surface area contributed by atoms with E-state index in [0.29, 0.717) is 25.2 Å². The summed E-state index contributed by atoms with van der Waals surface area (Å²) in [4.78, 5) is 6.93. The van der Waals surface area contributed by atoms with Crippen LogP contribution in [0.4, 0.5) is 0 Å². The quantitative estimate of drug-likeness (QED) is 0.529. The van der Waals surface area contributed by atoms with Crippen LogP contribution in [0.25, 0.3) is 0 Å². The van der Waals surface area contributed by atoms with E-state index in [0.717, 1.165) is 36.6 Å². The van der Waals surface area contributed by atoms with Crippen LogP contribution < -0.4 is 20.5 Å². The number of nitrogens with one attached hydrogen (secondary N) is 1. The van der Waals surface area contributed by atoms with E-state index in [1.54, 1.807) is 7.11 Å². The molecule has 1 aromatic rings. The van der Waals surface area contributed by atoms with Crippen LogP contribution in [0.5, 0.6) is 11.5 Å². The van der Waals surface area contributed by atoms with Crippen molar-refractivity contribution in [2.45, 2.75) is 45.7 Å². The SMILES string of the molecule is CCCOc1ccc(CN=C(N)NCC2CCCN2CC)cc1OC. The fraction of sp³-hybridized carbons (Fsp3) is 0.632. The molecule has 0 radical (unpaired) electrons. The lowest BCUT2D eigenvalue weighted by Gasteiger charge is -2.23. The number of guanidine groups is 1. The molecule has 25 heavy (non-hydrogen) atoms. The zero-order valence-electron chi connectivity index (χ0n) is 15.8. The molecule has 0 aliphatic carbocycles. The largest absolute Gasteiger partial charge is 0.493 e. The summed E-state index contributed by atoms with van der Waals surface area (Å²) in [5.74, 6) is 1.99. The van der Waals surface area contributed by atoms with E-state index in [4.69, 9.17) is 15.2 Å². The fourth-order valence-electron chi connectivity index (χ4n) is 3.14. The van der Waals surface area contributed by atoms with E-state index < -0.39 is 0 Å². The van der Waals surface area contributed by atoms with Gasteiger partial charge in [-0.1, -0.05) is 19.9 Å². The molecule has 1 fully saturated rings. The maximum absolute atomic E-state index is 6.02. The molecule has 0 bridgehead atoms. The summed E-state index contributed by atoms with van der Waals surface area (Å²) >= 11 is 0. The van der Waals surface area contributed by atoms with Gasteiger partial charge in [-0.3, -0.25) is 4.90 Å². The lowest BCUT2D eigenvalue weighted by atomic mass is 10.2. The predicted molar refractivity (Wildman–Crippen MR) is 102 cm³/mol. The predicted octanol–water partition coefficient (Wildman–Crippen LogP) is 2.37. The number of likely N-dealkylation sites (tertiary alicyclic amines) is 1. The summed E-state index contributed by atoms with van der Waals surface area (Å²) in [6.07, 6.45) is 3.46. The first-order chi connectivity index (χ1) is 12.2. The second-order valence-corrected chi connectivity index (χ2v) is 6.34. The molecule has 140 valence electrons. The van der Waals surface area contributed by atoms with Gasteiger partial charge < -0.3 is 20.5 Å². The van der Waals surface area contributed by atoms with E-state index in [2.05, 4.69) is 29.1 Å². The molecule has 0 amide bonds. The van der Waals surface area contributed by atoms with Gasteiger partial charge in [0.15, 0.2) is 17.5 Å². The van der Waals surface area contributed by atoms with Crippen LogP contribution >= 0.6 is 0 Å². The van der Waals surface area contributed by atoms with Crippen LogP contribution in [0.1, 0.15) is 38.7 Å². The van der Waals surface area contributed by atoms with Crippen LogP contribution in [0, 0.1) is 0 Å². The highest BCUT2D eigenvalue weighted by molar-refractivity contribution is 5.77. The minimum Gasteiger partial charge on any atom is -0.493 e. The van der Waals surface area contributed by atoms with Gasteiger partial charge in [-0.05, 0) is 50.0 Å². The Balaban J connectivity index is 1.87. The molecule has 0 spiro atoms. The second-order valence-electron chi connectivity index (χ2n) is 6.34. The number of hydrogen-bond donors (Lipinski definition) is 2. The second kappa shape index (κ2) is 10.1. The zero-order chi connectivity index (χ0) is 18.1. The topological polar surface area (TPSA) is 72.1 Å². The van der Waals surface area contributed by atoms with Crippen molar-refractivity contribution in [3.63, 3.8) is 0 Å². The Morgan fingerprint density at radius 2 is 2.20 bits per heavy atom. The molecule has 1 aliphatic heterocycles. The first-order valence-electron chi connectivity index (χ1n) is 9.25. The van der Waals surface area contributed by atoms with E-state index in [1.807, 2.05) is 18.2 Å². The van der Waals surface area contributed by atoms with Gasteiger partial charge in [0.05, 0.1) is 20.3 Å². The van der Waals surface area contributed by atoms with Gasteiger partial charge in [-0.25, -0.2) is 4.99 Å². The maximum atomic E-state index is 6.02. The van der Waals surface area contributed by atoms with Crippen molar-refractivity contribution in [3.05, 3.63) is 23.8 Å². The van der Waals surface area contributed by atoms with Crippen molar-refractivity contribution < 1.29 is 9.47 Å². The van der Waals surface area contributed by atoms with E-state index >= 15 is 0 Å². The minimum absolute atomic E-state index is 0.494. The van der Waals surface area contributed by atoms with Crippen LogP contribution in [-0.2, 0) is 6.54 Å². The Morgan fingerprint density at radius 3 is 2.92 bits per heavy atom. The highest BCUT2D eigenvalue weighted by atomic mass is 16.5. The van der Waals surface area contributed by atoms with Crippen molar-refractivity contribution in [1.29, 1.82) is 0 Å². The Hall–Kier alpha value is -1.95. The van der Waals surface area contributed by atoms with Crippen molar-refractivity contribution >= 4 is 5.96 Å². The van der Waals surface area contributed by atoms with Crippen molar-refractivity contribution in [2.24, 2.45) is 10.7 Å². The summed E-state index contributed by atoms with van der Waals surface area (Å²) in [6, 6.07) is 6.45. The maximum Gasteiger partial charge on any atom is 0.188 e. The summed E-state index contributed by atoms with van der Waals surface area (Å²) in [6.45, 7) is 8.62. The molecule has 1 unspecified atom stereocenters. The van der Waals surface area contributed by atoms with Gasteiger partial charge in [0.25, 0.3) is 0 Å². The molecule has 0 aromatic heterocycles. The number of nitrogens with two attached hydrogens (primary N) is 1. The standard InChI is InChI=1S/C19H32N4O2/c1-4-11-25-17-9-8-15(12-18(17)24-3)13-21-19(20)22-14-16-7-6-10-23(16)5-2/h8-9,12,16H,4-7,10-11,13-14H2,1-3H3,(H3,20,21,22). The molecule has 1 aliphatic rings. The average Bonchev–Trinajstić information content (AvgIpc) is 3.10. The van der Waals surface area contributed by atoms with Crippen LogP contribution in [-0.4, -0.2) is 50.3 Å². The Kier molecular flexibility index (Phi) is 7.85. The number of nitrogens with zero attached hydrogens (tertiary/aromatic N) is 2. The molecule has 1 heterocycles. The molecule has 6 heteroatoms. The first kappa shape index (κ1) is 19.4. The van der Waals surface area contributed by atoms with E-state index in [-0.39, 0.29) is 0 Å². The summed E-state index contributed by atoms with van der Waals surface area (Å²) in [5.41, 5.74) is 7.06. The van der Waals surface area contributed by atoms with Gasteiger partial charge in [-0.2, -0.15) is 0 Å². The van der Waals surface area contributed by atoms with E-state index in [9.17, 15) is 0 Å². The highest BCUT2D eigenvalue weighted by Crippen LogP contribution is 2.28. The average molecular weight is 348 g/mol. The molecule has 2 rings (SSSR count). The molecule has 3 N–H and O–H groups in total. The van der Waals surface area contributed by atoms with Gasteiger partial charge in [0, 0.05) is 12.6 Å². The number of rotatable bonds is 9. The van der Waals surface area contributed by atoms with Gasteiger partial charge >= 0.3 is 0 Å². The first-order valence-corrected chi connectivity index (χ1v) is 9.25. The summed E-state index contributed by atoms with van der Waals surface area (Å²) in [5, 5.41) is 3.26. The molecule has 1 aromatic carbocycles. The van der Waals surface area contributed by atoms with Gasteiger partial charge in [0.1, 0.15) is 0 Å². The van der Waals surface area contributed by atoms with Crippen LogP contribution in [0.15, 0.2) is 23.2 Å². The molecule has 1 saturated heterocycles. The summed E-state index contributed by atoms with van der Waals surface area (Å²) in [7, 11) is 1.65. The smallest absolute Gasteiger partial charge is 0.188 e. The number of ether oxygens (including phenoxy) is 2. The third-order valence-electron chi connectivity index (χ3n) is 4.55. The van der Waals surface area contributed by atoms with Gasteiger partial charge in [0.2, 0.25) is 0 Å². The van der Waals surface area contributed by atoms with Crippen molar-refractivity contribution in [1.82, 2.24) is 10.2 Å². The number of aliphatic imine (C=N–C) groups is 1. The monoisotopic (exact) mass is 348 g/mol. The molecule has 1 atom stereocenters. The molecular formula is C19H32N4O2.